The van der Waals surface area contributed by atoms with Gasteiger partial charge in [-0.1, -0.05) is 31.2 Å². The maximum Gasteiger partial charge on any atom is 0.416 e. The Morgan fingerprint density at radius 1 is 1.29 bits per heavy atom. The van der Waals surface area contributed by atoms with Crippen LogP contribution in [0, 0.1) is 12.8 Å². The van der Waals surface area contributed by atoms with Gasteiger partial charge in [-0.25, -0.2) is 4.98 Å². The minimum Gasteiger partial charge on any atom is -0.332 e. The summed E-state index contributed by atoms with van der Waals surface area (Å²) in [5.41, 5.74) is 1.66. The minimum atomic E-state index is -4.35. The number of aryl methyl sites for hydroxylation is 1. The highest BCUT2D eigenvalue weighted by atomic mass is 32.1. The van der Waals surface area contributed by atoms with E-state index in [1.54, 1.807) is 6.07 Å². The highest BCUT2D eigenvalue weighted by Gasteiger charge is 2.30. The third-order valence-corrected chi connectivity index (χ3v) is 4.71. The Morgan fingerprint density at radius 2 is 2.08 bits per heavy atom. The van der Waals surface area contributed by atoms with Crippen molar-refractivity contribution in [3.8, 4) is 0 Å². The molecule has 1 heterocycles. The predicted octanol–water partition coefficient (Wildman–Crippen LogP) is 6.19. The first-order valence-electron chi connectivity index (χ1n) is 7.63. The van der Waals surface area contributed by atoms with Crippen molar-refractivity contribution in [1.29, 1.82) is 0 Å². The average Bonchev–Trinajstić information content (AvgIpc) is 2.88. The third kappa shape index (κ3) is 3.70. The molecule has 1 aliphatic carbocycles. The van der Waals surface area contributed by atoms with Gasteiger partial charge in [0.15, 0.2) is 5.13 Å². The van der Waals surface area contributed by atoms with Gasteiger partial charge in [-0.15, -0.1) is 11.3 Å². The van der Waals surface area contributed by atoms with Gasteiger partial charge in [0, 0.05) is 10.6 Å². The first-order chi connectivity index (χ1) is 11.3. The van der Waals surface area contributed by atoms with Crippen LogP contribution in [-0.4, -0.2) is 4.98 Å². The average molecular weight is 350 g/mol. The molecule has 1 unspecified atom stereocenters. The number of rotatable bonds is 3. The summed E-state index contributed by atoms with van der Waals surface area (Å²) in [5, 5.41) is 3.57. The zero-order chi connectivity index (χ0) is 17.3. The number of aromatic nitrogens is 1. The lowest BCUT2D eigenvalue weighted by Crippen LogP contribution is -2.05. The molecule has 126 valence electrons. The van der Waals surface area contributed by atoms with Crippen LogP contribution in [-0.2, 0) is 6.18 Å². The summed E-state index contributed by atoms with van der Waals surface area (Å²) in [5.74, 6) is 0.524. The van der Waals surface area contributed by atoms with Crippen molar-refractivity contribution >= 4 is 27.7 Å². The van der Waals surface area contributed by atoms with Gasteiger partial charge in [0.1, 0.15) is 0 Å². The summed E-state index contributed by atoms with van der Waals surface area (Å²) in [6.07, 6.45) is 2.98. The number of anilines is 2. The molecule has 1 aliphatic rings. The molecule has 24 heavy (non-hydrogen) atoms. The van der Waals surface area contributed by atoms with Crippen LogP contribution in [0.15, 0.2) is 42.5 Å². The van der Waals surface area contributed by atoms with Crippen molar-refractivity contribution in [2.45, 2.75) is 26.4 Å². The van der Waals surface area contributed by atoms with E-state index in [1.165, 1.54) is 17.4 Å². The summed E-state index contributed by atoms with van der Waals surface area (Å²) in [6.45, 7) is 4.12. The molecule has 0 aliphatic heterocycles. The van der Waals surface area contributed by atoms with E-state index in [1.807, 2.05) is 6.92 Å². The number of nitrogens with zero attached hydrogens (tertiary/aromatic N) is 1. The van der Waals surface area contributed by atoms with Gasteiger partial charge in [0.2, 0.25) is 0 Å². The standard InChI is InChI=1S/C18H17F3N2S/c1-11-6-8-13(9-7-11)16-12(2)24-17(23-16)22-15-5-3-4-14(10-15)18(19,20)21/h3-6,8-11H,7H2,1-2H3,(H,22,23). The zero-order valence-electron chi connectivity index (χ0n) is 13.3. The van der Waals surface area contributed by atoms with Crippen LogP contribution < -0.4 is 5.32 Å². The van der Waals surface area contributed by atoms with Gasteiger partial charge >= 0.3 is 6.18 Å². The van der Waals surface area contributed by atoms with E-state index < -0.39 is 11.7 Å². The Bertz CT molecular complexity index is 803. The summed E-state index contributed by atoms with van der Waals surface area (Å²) in [4.78, 5) is 5.59. The summed E-state index contributed by atoms with van der Waals surface area (Å²) in [6, 6.07) is 5.15. The lowest BCUT2D eigenvalue weighted by atomic mass is 9.97. The van der Waals surface area contributed by atoms with Gasteiger partial charge < -0.3 is 5.32 Å². The van der Waals surface area contributed by atoms with Gasteiger partial charge in [0.05, 0.1) is 11.3 Å². The van der Waals surface area contributed by atoms with Crippen molar-refractivity contribution < 1.29 is 13.2 Å². The molecule has 0 bridgehead atoms. The Labute approximate surface area is 142 Å². The fraction of sp³-hybridized carbons (Fsp3) is 0.278. The maximum absolute atomic E-state index is 12.8. The van der Waals surface area contributed by atoms with E-state index in [0.29, 0.717) is 16.7 Å². The summed E-state index contributed by atoms with van der Waals surface area (Å²) >= 11 is 1.44. The van der Waals surface area contributed by atoms with Gasteiger partial charge in [-0.05, 0) is 43.0 Å². The molecule has 0 saturated carbocycles. The molecule has 0 fully saturated rings. The van der Waals surface area contributed by atoms with Gasteiger partial charge in [0.25, 0.3) is 0 Å². The number of halogens is 3. The molecule has 1 N–H and O–H groups in total. The quantitative estimate of drug-likeness (QED) is 0.713. The van der Waals surface area contributed by atoms with Crippen LogP contribution >= 0.6 is 11.3 Å². The number of nitrogens with one attached hydrogen (secondary N) is 1. The van der Waals surface area contributed by atoms with E-state index in [2.05, 4.69) is 35.5 Å². The molecule has 3 rings (SSSR count). The topological polar surface area (TPSA) is 24.9 Å². The number of alkyl halides is 3. The SMILES string of the molecule is Cc1sc(Nc2cccc(C(F)(F)F)c2)nc1C1=CCC(C)C=C1. The van der Waals surface area contributed by atoms with E-state index >= 15 is 0 Å². The molecule has 1 aromatic carbocycles. The molecule has 0 amide bonds. The van der Waals surface area contributed by atoms with E-state index in [0.717, 1.165) is 34.7 Å². The van der Waals surface area contributed by atoms with Crippen molar-refractivity contribution in [3.05, 3.63) is 58.6 Å². The molecule has 0 saturated heterocycles. The van der Waals surface area contributed by atoms with Gasteiger partial charge in [-0.2, -0.15) is 13.2 Å². The van der Waals surface area contributed by atoms with Crippen molar-refractivity contribution in [1.82, 2.24) is 4.98 Å². The number of allylic oxidation sites excluding steroid dienone is 4. The Hall–Kier alpha value is -2.08. The molecule has 1 atom stereocenters. The fourth-order valence-electron chi connectivity index (χ4n) is 2.52. The molecule has 0 radical (unpaired) electrons. The fourth-order valence-corrected chi connectivity index (χ4v) is 3.37. The first-order valence-corrected chi connectivity index (χ1v) is 8.45. The first kappa shape index (κ1) is 16.8. The van der Waals surface area contributed by atoms with Crippen LogP contribution in [0.3, 0.4) is 0 Å². The number of benzene rings is 1. The highest BCUT2D eigenvalue weighted by molar-refractivity contribution is 7.15. The molecular weight excluding hydrogens is 333 g/mol. The lowest BCUT2D eigenvalue weighted by Gasteiger charge is -2.10. The molecule has 2 aromatic rings. The van der Waals surface area contributed by atoms with Crippen molar-refractivity contribution in [2.24, 2.45) is 5.92 Å². The monoisotopic (exact) mass is 350 g/mol. The van der Waals surface area contributed by atoms with E-state index in [-0.39, 0.29) is 0 Å². The van der Waals surface area contributed by atoms with Crippen LogP contribution in [0.1, 0.15) is 29.5 Å². The van der Waals surface area contributed by atoms with Gasteiger partial charge in [-0.3, -0.25) is 0 Å². The normalized spacial score (nSPS) is 17.7. The summed E-state index contributed by atoms with van der Waals surface area (Å²) < 4.78 is 38.4. The third-order valence-electron chi connectivity index (χ3n) is 3.83. The minimum absolute atomic E-state index is 0.381. The van der Waals surface area contributed by atoms with Crippen molar-refractivity contribution in [3.63, 3.8) is 0 Å². The van der Waals surface area contributed by atoms with Crippen LogP contribution in [0.2, 0.25) is 0 Å². The number of hydrogen-bond acceptors (Lipinski definition) is 3. The Balaban J connectivity index is 1.83. The molecule has 6 heteroatoms. The number of hydrogen-bond donors (Lipinski definition) is 1. The molecule has 2 nitrogen and oxygen atoms in total. The second-order valence-corrected chi connectivity index (χ2v) is 7.06. The second kappa shape index (κ2) is 6.43. The van der Waals surface area contributed by atoms with Crippen LogP contribution in [0.4, 0.5) is 24.0 Å². The number of thiazole rings is 1. The van der Waals surface area contributed by atoms with Crippen molar-refractivity contribution in [2.75, 3.05) is 5.32 Å². The predicted molar refractivity (Wildman–Crippen MR) is 92.5 cm³/mol. The molecular formula is C18H17F3N2S. The molecule has 0 spiro atoms. The van der Waals surface area contributed by atoms with Crippen LogP contribution in [0.25, 0.3) is 5.57 Å². The second-order valence-electron chi connectivity index (χ2n) is 5.86. The van der Waals surface area contributed by atoms with Crippen LogP contribution in [0.5, 0.6) is 0 Å². The van der Waals surface area contributed by atoms with E-state index in [9.17, 15) is 13.2 Å². The Morgan fingerprint density at radius 3 is 2.75 bits per heavy atom. The lowest BCUT2D eigenvalue weighted by molar-refractivity contribution is -0.137. The Kier molecular flexibility index (Phi) is 4.49. The largest absolute Gasteiger partial charge is 0.416 e. The highest BCUT2D eigenvalue weighted by Crippen LogP contribution is 2.34. The summed E-state index contributed by atoms with van der Waals surface area (Å²) in [7, 11) is 0. The van der Waals surface area contributed by atoms with E-state index in [4.69, 9.17) is 0 Å². The smallest absolute Gasteiger partial charge is 0.332 e. The zero-order valence-corrected chi connectivity index (χ0v) is 14.1. The molecule has 1 aromatic heterocycles. The maximum atomic E-state index is 12.8.